The highest BCUT2D eigenvalue weighted by atomic mass is 16.5. The first-order chi connectivity index (χ1) is 23.5. The van der Waals surface area contributed by atoms with E-state index in [0.717, 1.165) is 95.2 Å². The van der Waals surface area contributed by atoms with E-state index in [1.54, 1.807) is 12.1 Å². The van der Waals surface area contributed by atoms with Crippen molar-refractivity contribution in [3.63, 3.8) is 0 Å². The molecule has 4 rings (SSSR count). The van der Waals surface area contributed by atoms with E-state index in [4.69, 9.17) is 18.9 Å². The minimum absolute atomic E-state index is 0.152. The van der Waals surface area contributed by atoms with E-state index in [9.17, 15) is 10.2 Å². The van der Waals surface area contributed by atoms with E-state index in [-0.39, 0.29) is 11.5 Å². The predicted octanol–water partition coefficient (Wildman–Crippen LogP) is 12.4. The average Bonchev–Trinajstić information content (AvgIpc) is 3.09. The molecule has 6 nitrogen and oxygen atoms in total. The van der Waals surface area contributed by atoms with Crippen molar-refractivity contribution in [2.75, 3.05) is 26.4 Å². The molecule has 264 valence electrons. The summed E-state index contributed by atoms with van der Waals surface area (Å²) in [6, 6.07) is 11.6. The molecule has 0 saturated carbocycles. The van der Waals surface area contributed by atoms with Gasteiger partial charge in [0.1, 0.15) is 0 Å². The molecule has 0 aliphatic rings. The highest BCUT2D eigenvalue weighted by molar-refractivity contribution is 6.26. The summed E-state index contributed by atoms with van der Waals surface area (Å²) in [5.74, 6) is 2.58. The minimum atomic E-state index is -0.152. The topological polar surface area (TPSA) is 77.4 Å². The van der Waals surface area contributed by atoms with Crippen LogP contribution in [0.2, 0.25) is 0 Å². The van der Waals surface area contributed by atoms with Crippen LogP contribution in [-0.4, -0.2) is 36.6 Å². The molecule has 6 heteroatoms. The Morgan fingerprint density at radius 1 is 0.333 bits per heavy atom. The lowest BCUT2D eigenvalue weighted by molar-refractivity contribution is 0.259. The number of unbranched alkanes of at least 4 members (excludes halogenated alkanes) is 12. The van der Waals surface area contributed by atoms with Crippen LogP contribution in [0.5, 0.6) is 34.5 Å². The predicted molar refractivity (Wildman–Crippen MR) is 201 cm³/mol. The molecule has 0 saturated heterocycles. The summed E-state index contributed by atoms with van der Waals surface area (Å²) >= 11 is 0. The fourth-order valence-electron chi connectivity index (χ4n) is 6.33. The molecular formula is C42H60O6. The van der Waals surface area contributed by atoms with Crippen molar-refractivity contribution >= 4 is 32.3 Å². The number of hydrogen-bond donors (Lipinski definition) is 2. The number of benzene rings is 4. The summed E-state index contributed by atoms with van der Waals surface area (Å²) in [5.41, 5.74) is 0. The largest absolute Gasteiger partial charge is 0.504 e. The Balaban J connectivity index is 1.86. The third-order valence-corrected chi connectivity index (χ3v) is 9.17. The van der Waals surface area contributed by atoms with Crippen LogP contribution < -0.4 is 18.9 Å². The van der Waals surface area contributed by atoms with Crippen LogP contribution >= 0.6 is 0 Å². The molecule has 0 aliphatic heterocycles. The highest BCUT2D eigenvalue weighted by Gasteiger charge is 2.19. The van der Waals surface area contributed by atoms with E-state index in [1.807, 2.05) is 0 Å². The highest BCUT2D eigenvalue weighted by Crippen LogP contribution is 2.46. The molecule has 4 aromatic carbocycles. The van der Waals surface area contributed by atoms with Gasteiger partial charge in [-0.3, -0.25) is 0 Å². The molecule has 2 N–H and O–H groups in total. The molecule has 0 heterocycles. The van der Waals surface area contributed by atoms with Crippen molar-refractivity contribution in [1.82, 2.24) is 0 Å². The number of hydrogen-bond acceptors (Lipinski definition) is 6. The van der Waals surface area contributed by atoms with E-state index in [0.29, 0.717) is 37.9 Å². The quantitative estimate of drug-likeness (QED) is 0.0442. The molecule has 0 radical (unpaired) electrons. The third-order valence-electron chi connectivity index (χ3n) is 9.17. The molecule has 4 aromatic rings. The molecule has 0 aliphatic carbocycles. The van der Waals surface area contributed by atoms with E-state index >= 15 is 0 Å². The van der Waals surface area contributed by atoms with Crippen LogP contribution in [0, 0.1) is 0 Å². The standard InChI is InChI=1S/C42H60O6/c1-5-9-13-17-21-45-39-27-33-31-25-37(43)38(44)26-32(31)34-28-40(46-22-18-14-10-6-2)42(48-24-20-16-12-8-4)30-36(34)35(33)29-41(39)47-23-19-15-11-7-3/h25-30,43-44H,5-24H2,1-4H3. The van der Waals surface area contributed by atoms with Gasteiger partial charge in [-0.2, -0.15) is 0 Å². The summed E-state index contributed by atoms with van der Waals surface area (Å²) in [6.45, 7) is 11.3. The molecular weight excluding hydrogens is 600 g/mol. The second-order valence-electron chi connectivity index (χ2n) is 13.2. The van der Waals surface area contributed by atoms with Gasteiger partial charge in [-0.15, -0.1) is 0 Å². The van der Waals surface area contributed by atoms with Gasteiger partial charge in [-0.1, -0.05) is 105 Å². The molecule has 0 aromatic heterocycles. The fourth-order valence-corrected chi connectivity index (χ4v) is 6.33. The molecule has 0 atom stereocenters. The van der Waals surface area contributed by atoms with E-state index < -0.39 is 0 Å². The maximum atomic E-state index is 10.7. The molecule has 0 bridgehead atoms. The van der Waals surface area contributed by atoms with Gasteiger partial charge in [0.2, 0.25) is 0 Å². The van der Waals surface area contributed by atoms with Crippen LogP contribution in [0.25, 0.3) is 32.3 Å². The van der Waals surface area contributed by atoms with Crippen LogP contribution in [-0.2, 0) is 0 Å². The van der Waals surface area contributed by atoms with E-state index in [2.05, 4.69) is 52.0 Å². The Kier molecular flexibility index (Phi) is 15.6. The zero-order valence-corrected chi connectivity index (χ0v) is 30.1. The number of fused-ring (bicyclic) bond motifs is 6. The maximum absolute atomic E-state index is 10.7. The van der Waals surface area contributed by atoms with Crippen molar-refractivity contribution in [1.29, 1.82) is 0 Å². The fraction of sp³-hybridized carbons (Fsp3) is 0.571. The lowest BCUT2D eigenvalue weighted by Crippen LogP contribution is -2.04. The van der Waals surface area contributed by atoms with Gasteiger partial charge in [0.15, 0.2) is 34.5 Å². The summed E-state index contributed by atoms with van der Waals surface area (Å²) in [6.07, 6.45) is 17.9. The molecule has 48 heavy (non-hydrogen) atoms. The van der Waals surface area contributed by atoms with Gasteiger partial charge in [0.25, 0.3) is 0 Å². The zero-order chi connectivity index (χ0) is 34.1. The first-order valence-electron chi connectivity index (χ1n) is 19.0. The van der Waals surface area contributed by atoms with Crippen molar-refractivity contribution in [3.05, 3.63) is 36.4 Å². The van der Waals surface area contributed by atoms with Gasteiger partial charge in [0.05, 0.1) is 26.4 Å². The minimum Gasteiger partial charge on any atom is -0.504 e. The van der Waals surface area contributed by atoms with Gasteiger partial charge >= 0.3 is 0 Å². The Hall–Kier alpha value is -3.54. The first-order valence-corrected chi connectivity index (χ1v) is 19.0. The molecule has 0 spiro atoms. The van der Waals surface area contributed by atoms with Crippen molar-refractivity contribution in [2.24, 2.45) is 0 Å². The van der Waals surface area contributed by atoms with Gasteiger partial charge in [-0.25, -0.2) is 0 Å². The van der Waals surface area contributed by atoms with Crippen LogP contribution in [0.1, 0.15) is 130 Å². The number of phenols is 2. The van der Waals surface area contributed by atoms with Gasteiger partial charge in [-0.05, 0) is 94.4 Å². The van der Waals surface area contributed by atoms with E-state index in [1.165, 1.54) is 51.4 Å². The second kappa shape index (κ2) is 20.1. The Bertz CT molecular complexity index is 1450. The lowest BCUT2D eigenvalue weighted by Gasteiger charge is -2.19. The Labute approximate surface area is 288 Å². The molecule has 0 amide bonds. The summed E-state index contributed by atoms with van der Waals surface area (Å²) in [4.78, 5) is 0. The molecule has 0 unspecified atom stereocenters. The summed E-state index contributed by atoms with van der Waals surface area (Å²) < 4.78 is 25.7. The Morgan fingerprint density at radius 3 is 0.792 bits per heavy atom. The lowest BCUT2D eigenvalue weighted by atomic mass is 9.93. The van der Waals surface area contributed by atoms with Gasteiger partial charge < -0.3 is 29.2 Å². The maximum Gasteiger partial charge on any atom is 0.161 e. The molecule has 0 fully saturated rings. The average molecular weight is 661 g/mol. The van der Waals surface area contributed by atoms with Crippen molar-refractivity contribution < 1.29 is 29.2 Å². The smallest absolute Gasteiger partial charge is 0.161 e. The first kappa shape index (κ1) is 37.3. The number of phenolic OH excluding ortho intramolecular Hbond substituents is 2. The summed E-state index contributed by atoms with van der Waals surface area (Å²) in [5, 5.41) is 26.8. The van der Waals surface area contributed by atoms with Crippen molar-refractivity contribution in [2.45, 2.75) is 130 Å². The monoisotopic (exact) mass is 660 g/mol. The van der Waals surface area contributed by atoms with Crippen LogP contribution in [0.4, 0.5) is 0 Å². The van der Waals surface area contributed by atoms with Gasteiger partial charge in [0, 0.05) is 0 Å². The number of ether oxygens (including phenoxy) is 4. The normalized spacial score (nSPS) is 11.5. The van der Waals surface area contributed by atoms with Crippen LogP contribution in [0.15, 0.2) is 36.4 Å². The zero-order valence-electron chi connectivity index (χ0n) is 30.1. The second-order valence-corrected chi connectivity index (χ2v) is 13.2. The SMILES string of the molecule is CCCCCCOc1cc2c3cc(O)c(O)cc3c3cc(OCCCCCC)c(OCCCCCC)cc3c2cc1OCCCCCC. The Morgan fingerprint density at radius 2 is 0.562 bits per heavy atom. The van der Waals surface area contributed by atoms with Crippen molar-refractivity contribution in [3.8, 4) is 34.5 Å². The third kappa shape index (κ3) is 10.2. The number of rotatable bonds is 24. The number of aromatic hydroxyl groups is 2. The summed E-state index contributed by atoms with van der Waals surface area (Å²) in [7, 11) is 0. The van der Waals surface area contributed by atoms with Crippen LogP contribution in [0.3, 0.4) is 0 Å².